The molecular weight excluding hydrogens is 354 g/mol. The van der Waals surface area contributed by atoms with Crippen LogP contribution < -0.4 is 10.7 Å². The fourth-order valence-electron chi connectivity index (χ4n) is 1.50. The fraction of sp³-hybridized carbons (Fsp3) is 0.0714. The summed E-state index contributed by atoms with van der Waals surface area (Å²) < 4.78 is 5.65. The first-order valence-corrected chi connectivity index (χ1v) is 6.97. The van der Waals surface area contributed by atoms with E-state index in [2.05, 4.69) is 31.8 Å². The number of aromatic hydroxyl groups is 1. The first kappa shape index (κ1) is 15.8. The van der Waals surface area contributed by atoms with Crippen molar-refractivity contribution in [3.8, 4) is 5.75 Å². The van der Waals surface area contributed by atoms with Gasteiger partial charge in [0, 0.05) is 10.0 Å². The molecule has 2 amide bonds. The number of hydrogen-bond acceptors (Lipinski definition) is 5. The smallest absolute Gasteiger partial charge is 0.287 e. The molecule has 0 saturated carbocycles. The van der Waals surface area contributed by atoms with Crippen molar-refractivity contribution in [3.05, 3.63) is 52.4 Å². The summed E-state index contributed by atoms with van der Waals surface area (Å²) in [5.41, 5.74) is 2.68. The number of nitrogens with zero attached hydrogens (tertiary/aromatic N) is 1. The Labute approximate surface area is 134 Å². The molecule has 8 heteroatoms. The van der Waals surface area contributed by atoms with Gasteiger partial charge < -0.3 is 14.8 Å². The van der Waals surface area contributed by atoms with E-state index in [9.17, 15) is 14.7 Å². The highest BCUT2D eigenvalue weighted by Crippen LogP contribution is 2.19. The van der Waals surface area contributed by atoms with E-state index in [0.29, 0.717) is 5.56 Å². The third-order valence-electron chi connectivity index (χ3n) is 2.54. The van der Waals surface area contributed by atoms with Crippen molar-refractivity contribution in [3.63, 3.8) is 0 Å². The molecule has 0 atom stereocenters. The Hall–Kier alpha value is -2.61. The van der Waals surface area contributed by atoms with Crippen molar-refractivity contribution >= 4 is 34.0 Å². The van der Waals surface area contributed by atoms with Gasteiger partial charge in [0.15, 0.2) is 5.76 Å². The molecule has 1 aromatic carbocycles. The van der Waals surface area contributed by atoms with Crippen molar-refractivity contribution < 1.29 is 19.1 Å². The summed E-state index contributed by atoms with van der Waals surface area (Å²) in [6.45, 7) is -0.249. The standard InChI is InChI=1S/C14H12BrN3O4/c15-10-3-4-11(19)9(6-10)7-17-18-13(20)8-16-14(21)12-2-1-5-22-12/h1-7,19H,8H2,(H,16,21)(H,18,20)/b17-7-. The van der Waals surface area contributed by atoms with Crippen LogP contribution >= 0.6 is 15.9 Å². The Bertz CT molecular complexity index is 698. The highest BCUT2D eigenvalue weighted by Gasteiger charge is 2.09. The van der Waals surface area contributed by atoms with Gasteiger partial charge in [-0.25, -0.2) is 5.43 Å². The molecule has 3 N–H and O–H groups in total. The maximum Gasteiger partial charge on any atom is 0.287 e. The number of amides is 2. The number of carbonyl (C=O) groups excluding carboxylic acids is 2. The van der Waals surface area contributed by atoms with Gasteiger partial charge in [-0.1, -0.05) is 15.9 Å². The number of halogens is 1. The van der Waals surface area contributed by atoms with Crippen molar-refractivity contribution in [1.29, 1.82) is 0 Å². The van der Waals surface area contributed by atoms with Gasteiger partial charge in [0.25, 0.3) is 11.8 Å². The van der Waals surface area contributed by atoms with Crippen LogP contribution in [0.25, 0.3) is 0 Å². The Morgan fingerprint density at radius 2 is 2.18 bits per heavy atom. The molecule has 114 valence electrons. The zero-order chi connectivity index (χ0) is 15.9. The minimum atomic E-state index is -0.509. The molecule has 22 heavy (non-hydrogen) atoms. The summed E-state index contributed by atoms with van der Waals surface area (Å²) in [5.74, 6) is -0.845. The SMILES string of the molecule is O=C(CNC(=O)c1ccco1)N/N=C\c1cc(Br)ccc1O. The molecular formula is C14H12BrN3O4. The molecule has 0 aliphatic heterocycles. The van der Waals surface area contributed by atoms with Gasteiger partial charge >= 0.3 is 0 Å². The second kappa shape index (κ2) is 7.41. The van der Waals surface area contributed by atoms with Crippen LogP contribution in [0.1, 0.15) is 16.1 Å². The van der Waals surface area contributed by atoms with Crippen molar-refractivity contribution in [2.45, 2.75) is 0 Å². The van der Waals surface area contributed by atoms with Gasteiger partial charge in [0.2, 0.25) is 0 Å². The predicted octanol–water partition coefficient (Wildman–Crippen LogP) is 1.63. The Balaban J connectivity index is 1.81. The fourth-order valence-corrected chi connectivity index (χ4v) is 1.88. The largest absolute Gasteiger partial charge is 0.507 e. The third-order valence-corrected chi connectivity index (χ3v) is 3.03. The maximum absolute atomic E-state index is 11.5. The number of hydrazone groups is 1. The van der Waals surface area contributed by atoms with E-state index < -0.39 is 11.8 Å². The van der Waals surface area contributed by atoms with Gasteiger partial charge in [0.05, 0.1) is 19.0 Å². The number of nitrogens with one attached hydrogen (secondary N) is 2. The van der Waals surface area contributed by atoms with Crippen LogP contribution in [0, 0.1) is 0 Å². The summed E-state index contributed by atoms with van der Waals surface area (Å²) in [7, 11) is 0. The number of rotatable bonds is 5. The summed E-state index contributed by atoms with van der Waals surface area (Å²) in [6.07, 6.45) is 2.66. The summed E-state index contributed by atoms with van der Waals surface area (Å²) in [4.78, 5) is 23.0. The monoisotopic (exact) mass is 365 g/mol. The van der Waals surface area contributed by atoms with Crippen LogP contribution in [0.3, 0.4) is 0 Å². The van der Waals surface area contributed by atoms with Crippen LogP contribution in [0.4, 0.5) is 0 Å². The van der Waals surface area contributed by atoms with Gasteiger partial charge in [-0.2, -0.15) is 5.10 Å². The van der Waals surface area contributed by atoms with E-state index >= 15 is 0 Å². The van der Waals surface area contributed by atoms with Crippen LogP contribution in [-0.2, 0) is 4.79 Å². The predicted molar refractivity (Wildman–Crippen MR) is 82.6 cm³/mol. The second-order valence-corrected chi connectivity index (χ2v) is 5.07. The number of carbonyl (C=O) groups is 2. The zero-order valence-corrected chi connectivity index (χ0v) is 12.8. The number of benzene rings is 1. The van der Waals surface area contributed by atoms with Gasteiger partial charge in [0.1, 0.15) is 5.75 Å². The summed E-state index contributed by atoms with van der Waals surface area (Å²) >= 11 is 3.26. The molecule has 2 rings (SSSR count). The number of phenolic OH excluding ortho intramolecular Hbond substituents is 1. The van der Waals surface area contributed by atoms with E-state index in [-0.39, 0.29) is 18.1 Å². The van der Waals surface area contributed by atoms with Crippen LogP contribution in [0.5, 0.6) is 5.75 Å². The molecule has 0 saturated heterocycles. The molecule has 2 aromatic rings. The molecule has 7 nitrogen and oxygen atoms in total. The lowest BCUT2D eigenvalue weighted by atomic mass is 10.2. The van der Waals surface area contributed by atoms with E-state index in [4.69, 9.17) is 4.42 Å². The summed E-state index contributed by atoms with van der Waals surface area (Å²) in [6, 6.07) is 7.88. The van der Waals surface area contributed by atoms with E-state index in [1.807, 2.05) is 0 Å². The Kier molecular flexibility index (Phi) is 5.31. The van der Waals surface area contributed by atoms with Gasteiger partial charge in [-0.05, 0) is 30.3 Å². The molecule has 0 radical (unpaired) electrons. The number of phenols is 1. The summed E-state index contributed by atoms with van der Waals surface area (Å²) in [5, 5.41) is 15.7. The first-order chi connectivity index (χ1) is 10.6. The Morgan fingerprint density at radius 1 is 1.36 bits per heavy atom. The lowest BCUT2D eigenvalue weighted by molar-refractivity contribution is -0.120. The van der Waals surface area contributed by atoms with Gasteiger partial charge in [-0.15, -0.1) is 0 Å². The molecule has 1 heterocycles. The molecule has 0 unspecified atom stereocenters. The van der Waals surface area contributed by atoms with Crippen molar-refractivity contribution in [1.82, 2.24) is 10.7 Å². The normalized spacial score (nSPS) is 10.6. The molecule has 0 fully saturated rings. The van der Waals surface area contributed by atoms with Crippen molar-refractivity contribution in [2.24, 2.45) is 5.10 Å². The lowest BCUT2D eigenvalue weighted by Crippen LogP contribution is -2.34. The van der Waals surface area contributed by atoms with E-state index in [0.717, 1.165) is 4.47 Å². The number of hydrogen-bond donors (Lipinski definition) is 3. The molecule has 0 aliphatic carbocycles. The minimum Gasteiger partial charge on any atom is -0.507 e. The average molecular weight is 366 g/mol. The quantitative estimate of drug-likeness (QED) is 0.553. The van der Waals surface area contributed by atoms with E-state index in [1.54, 1.807) is 18.2 Å². The topological polar surface area (TPSA) is 104 Å². The molecule has 1 aromatic heterocycles. The lowest BCUT2D eigenvalue weighted by Gasteiger charge is -2.02. The highest BCUT2D eigenvalue weighted by molar-refractivity contribution is 9.10. The minimum absolute atomic E-state index is 0.0346. The first-order valence-electron chi connectivity index (χ1n) is 6.18. The van der Waals surface area contributed by atoms with Crippen LogP contribution in [0.15, 0.2) is 50.6 Å². The third kappa shape index (κ3) is 4.45. The Morgan fingerprint density at radius 3 is 2.91 bits per heavy atom. The molecule has 0 bridgehead atoms. The van der Waals surface area contributed by atoms with Crippen LogP contribution in [0.2, 0.25) is 0 Å². The van der Waals surface area contributed by atoms with Crippen molar-refractivity contribution in [2.75, 3.05) is 6.54 Å². The molecule has 0 aliphatic rings. The average Bonchev–Trinajstić information content (AvgIpc) is 3.02. The molecule has 0 spiro atoms. The zero-order valence-electron chi connectivity index (χ0n) is 11.2. The maximum atomic E-state index is 11.5. The second-order valence-electron chi connectivity index (χ2n) is 4.16. The number of furan rings is 1. The highest BCUT2D eigenvalue weighted by atomic mass is 79.9. The van der Waals surface area contributed by atoms with Gasteiger partial charge in [-0.3, -0.25) is 9.59 Å². The van der Waals surface area contributed by atoms with Crippen LogP contribution in [-0.4, -0.2) is 29.7 Å². The van der Waals surface area contributed by atoms with E-state index in [1.165, 1.54) is 24.6 Å².